The molecule has 2 aromatic heterocycles. The van der Waals surface area contributed by atoms with Crippen molar-refractivity contribution in [2.24, 2.45) is 0 Å². The first-order chi connectivity index (χ1) is 11.8. The molecule has 0 saturated heterocycles. The lowest BCUT2D eigenvalue weighted by Crippen LogP contribution is -2.07. The Morgan fingerprint density at radius 1 is 1.32 bits per heavy atom. The van der Waals surface area contributed by atoms with Crippen LogP contribution in [0.3, 0.4) is 0 Å². The summed E-state index contributed by atoms with van der Waals surface area (Å²) >= 11 is 6.89. The van der Waals surface area contributed by atoms with E-state index in [9.17, 15) is 18.0 Å². The summed E-state index contributed by atoms with van der Waals surface area (Å²) in [6.45, 7) is 1.81. The molecule has 0 saturated carbocycles. The summed E-state index contributed by atoms with van der Waals surface area (Å²) in [7, 11) is 0. The number of ketones is 1. The van der Waals surface area contributed by atoms with Gasteiger partial charge in [0.05, 0.1) is 16.3 Å². The van der Waals surface area contributed by atoms with Crippen LogP contribution in [-0.2, 0) is 6.18 Å². The lowest BCUT2D eigenvalue weighted by molar-refractivity contribution is -0.137. The largest absolute Gasteiger partial charge is 0.417 e. The molecule has 0 aliphatic heterocycles. The van der Waals surface area contributed by atoms with Crippen LogP contribution in [0.5, 0.6) is 0 Å². The highest BCUT2D eigenvalue weighted by atomic mass is 35.5. The summed E-state index contributed by atoms with van der Waals surface area (Å²) in [5, 5.41) is 0.890. The van der Waals surface area contributed by atoms with Crippen molar-refractivity contribution in [3.63, 3.8) is 0 Å². The van der Waals surface area contributed by atoms with Gasteiger partial charge in [-0.2, -0.15) is 13.2 Å². The van der Waals surface area contributed by atoms with Gasteiger partial charge in [0.15, 0.2) is 5.78 Å². The van der Waals surface area contributed by atoms with Crippen molar-refractivity contribution in [2.75, 3.05) is 5.75 Å². The van der Waals surface area contributed by atoms with Crippen LogP contribution >= 0.6 is 23.4 Å². The standard InChI is InChI=1S/C17H12ClF3N2OS/c1-9-15(11-4-2-3-5-13(11)23-9)14(24)8-25-16-12(18)6-10(7-22-16)17(19,20)21/h2-7,23H,8H2,1H3. The monoisotopic (exact) mass is 384 g/mol. The summed E-state index contributed by atoms with van der Waals surface area (Å²) in [6.07, 6.45) is -3.79. The maximum atomic E-state index is 12.6. The Morgan fingerprint density at radius 3 is 2.72 bits per heavy atom. The van der Waals surface area contributed by atoms with Crippen LogP contribution in [0.15, 0.2) is 41.6 Å². The molecular weight excluding hydrogens is 373 g/mol. The number of benzene rings is 1. The SMILES string of the molecule is Cc1[nH]c2ccccc2c1C(=O)CSc1ncc(C(F)(F)F)cc1Cl. The van der Waals surface area contributed by atoms with Crippen molar-refractivity contribution in [1.29, 1.82) is 0 Å². The molecule has 3 aromatic rings. The fourth-order valence-corrected chi connectivity index (χ4v) is 3.59. The minimum absolute atomic E-state index is 0.0285. The molecule has 0 aliphatic carbocycles. The first kappa shape index (κ1) is 17.8. The Morgan fingerprint density at radius 2 is 2.04 bits per heavy atom. The smallest absolute Gasteiger partial charge is 0.358 e. The van der Waals surface area contributed by atoms with Gasteiger partial charge in [0.25, 0.3) is 0 Å². The number of fused-ring (bicyclic) bond motifs is 1. The molecule has 0 bridgehead atoms. The Bertz CT molecular complexity index is 953. The lowest BCUT2D eigenvalue weighted by Gasteiger charge is -2.08. The number of H-pyrrole nitrogens is 1. The van der Waals surface area contributed by atoms with E-state index < -0.39 is 11.7 Å². The fourth-order valence-electron chi connectivity index (χ4n) is 2.53. The Kier molecular flexibility index (Phi) is 4.79. The third-order valence-corrected chi connectivity index (χ3v) is 5.05. The van der Waals surface area contributed by atoms with Gasteiger partial charge in [-0.1, -0.05) is 41.6 Å². The van der Waals surface area contributed by atoms with E-state index >= 15 is 0 Å². The lowest BCUT2D eigenvalue weighted by atomic mass is 10.1. The molecular formula is C17H12ClF3N2OS. The molecule has 2 heterocycles. The van der Waals surface area contributed by atoms with Crippen LogP contribution < -0.4 is 0 Å². The van der Waals surface area contributed by atoms with E-state index in [1.165, 1.54) is 0 Å². The van der Waals surface area contributed by atoms with Crippen LogP contribution in [0.1, 0.15) is 21.6 Å². The van der Waals surface area contributed by atoms with E-state index in [0.717, 1.165) is 40.6 Å². The van der Waals surface area contributed by atoms with Gasteiger partial charge in [0.2, 0.25) is 0 Å². The number of para-hydroxylation sites is 1. The predicted octanol–water partition coefficient (Wildman–Crippen LogP) is 5.52. The van der Waals surface area contributed by atoms with E-state index in [2.05, 4.69) is 9.97 Å². The zero-order valence-electron chi connectivity index (χ0n) is 12.9. The topological polar surface area (TPSA) is 45.8 Å². The van der Waals surface area contributed by atoms with Crippen LogP contribution in [0.25, 0.3) is 10.9 Å². The van der Waals surface area contributed by atoms with Gasteiger partial charge in [-0.05, 0) is 19.1 Å². The van der Waals surface area contributed by atoms with E-state index in [4.69, 9.17) is 11.6 Å². The Balaban J connectivity index is 1.79. The molecule has 0 spiro atoms. The second-order valence-electron chi connectivity index (χ2n) is 5.39. The van der Waals surface area contributed by atoms with E-state index in [-0.39, 0.29) is 21.6 Å². The molecule has 1 N–H and O–H groups in total. The summed E-state index contributed by atoms with van der Waals surface area (Å²) in [5.41, 5.74) is 1.27. The number of aromatic amines is 1. The summed E-state index contributed by atoms with van der Waals surface area (Å²) in [5.74, 6) is -0.112. The highest BCUT2D eigenvalue weighted by Gasteiger charge is 2.31. The molecule has 130 valence electrons. The number of pyridine rings is 1. The maximum absolute atomic E-state index is 12.6. The maximum Gasteiger partial charge on any atom is 0.417 e. The molecule has 0 fully saturated rings. The zero-order valence-corrected chi connectivity index (χ0v) is 14.5. The molecule has 0 aliphatic rings. The number of hydrogen-bond donors (Lipinski definition) is 1. The number of aromatic nitrogens is 2. The normalized spacial score (nSPS) is 11.9. The quantitative estimate of drug-likeness (QED) is 0.476. The van der Waals surface area contributed by atoms with Crippen LogP contribution in [-0.4, -0.2) is 21.5 Å². The molecule has 8 heteroatoms. The third kappa shape index (κ3) is 3.67. The summed E-state index contributed by atoms with van der Waals surface area (Å²) < 4.78 is 37.9. The minimum atomic E-state index is -4.50. The highest BCUT2D eigenvalue weighted by molar-refractivity contribution is 8.00. The zero-order chi connectivity index (χ0) is 18.2. The molecule has 0 unspecified atom stereocenters. The van der Waals surface area contributed by atoms with Crippen molar-refractivity contribution in [3.05, 3.63) is 58.4 Å². The molecule has 25 heavy (non-hydrogen) atoms. The number of rotatable bonds is 4. The third-order valence-electron chi connectivity index (χ3n) is 3.65. The van der Waals surface area contributed by atoms with Gasteiger partial charge < -0.3 is 4.98 Å². The number of Topliss-reactive ketones (excluding diaryl/α,β-unsaturated/α-hetero) is 1. The van der Waals surface area contributed by atoms with Crippen molar-refractivity contribution >= 4 is 40.0 Å². The number of carbonyl (C=O) groups excluding carboxylic acids is 1. The Labute approximate surface area is 150 Å². The number of aryl methyl sites for hydroxylation is 1. The van der Waals surface area contributed by atoms with Gasteiger partial charge >= 0.3 is 6.18 Å². The number of hydrogen-bond acceptors (Lipinski definition) is 3. The molecule has 0 amide bonds. The van der Waals surface area contributed by atoms with Crippen LogP contribution in [0.2, 0.25) is 5.02 Å². The molecule has 1 aromatic carbocycles. The van der Waals surface area contributed by atoms with E-state index in [1.807, 2.05) is 24.3 Å². The average molecular weight is 385 g/mol. The second-order valence-corrected chi connectivity index (χ2v) is 6.76. The number of halogens is 4. The van der Waals surface area contributed by atoms with Gasteiger partial charge in [-0.25, -0.2) is 4.98 Å². The van der Waals surface area contributed by atoms with Gasteiger partial charge in [-0.15, -0.1) is 0 Å². The van der Waals surface area contributed by atoms with Crippen LogP contribution in [0, 0.1) is 6.92 Å². The molecule has 0 radical (unpaired) electrons. The van der Waals surface area contributed by atoms with Crippen molar-refractivity contribution in [2.45, 2.75) is 18.1 Å². The summed E-state index contributed by atoms with van der Waals surface area (Å²) in [4.78, 5) is 19.4. The van der Waals surface area contributed by atoms with Gasteiger partial charge in [0.1, 0.15) is 5.03 Å². The molecule has 0 atom stereocenters. The van der Waals surface area contributed by atoms with Gasteiger partial charge in [0, 0.05) is 28.4 Å². The number of carbonyl (C=O) groups is 1. The summed E-state index contributed by atoms with van der Waals surface area (Å²) in [6, 6.07) is 8.25. The molecule has 3 rings (SSSR count). The fraction of sp³-hybridized carbons (Fsp3) is 0.176. The number of thioether (sulfide) groups is 1. The minimum Gasteiger partial charge on any atom is -0.358 e. The average Bonchev–Trinajstić information content (AvgIpc) is 2.88. The van der Waals surface area contributed by atoms with Crippen molar-refractivity contribution in [1.82, 2.24) is 9.97 Å². The predicted molar refractivity (Wildman–Crippen MR) is 92.3 cm³/mol. The van der Waals surface area contributed by atoms with Crippen molar-refractivity contribution in [3.8, 4) is 0 Å². The van der Waals surface area contributed by atoms with E-state index in [1.54, 1.807) is 6.92 Å². The van der Waals surface area contributed by atoms with E-state index in [0.29, 0.717) is 5.56 Å². The molecule has 3 nitrogen and oxygen atoms in total. The first-order valence-corrected chi connectivity index (χ1v) is 8.60. The number of alkyl halides is 3. The van der Waals surface area contributed by atoms with Crippen molar-refractivity contribution < 1.29 is 18.0 Å². The van der Waals surface area contributed by atoms with Gasteiger partial charge in [-0.3, -0.25) is 4.79 Å². The number of nitrogens with zero attached hydrogens (tertiary/aromatic N) is 1. The highest BCUT2D eigenvalue weighted by Crippen LogP contribution is 2.34. The number of nitrogens with one attached hydrogen (secondary N) is 1. The van der Waals surface area contributed by atoms with Crippen LogP contribution in [0.4, 0.5) is 13.2 Å². The first-order valence-electron chi connectivity index (χ1n) is 7.23. The second kappa shape index (κ2) is 6.72. The Hall–Kier alpha value is -1.99.